The maximum absolute atomic E-state index is 13.3. The smallest absolute Gasteiger partial charge is 0.269 e. The first-order chi connectivity index (χ1) is 19.0. The first-order valence-electron chi connectivity index (χ1n) is 13.3. The number of nitrogens with one attached hydrogen (secondary N) is 1. The Morgan fingerprint density at radius 1 is 1.05 bits per heavy atom. The fourth-order valence-corrected chi connectivity index (χ4v) is 5.38. The summed E-state index contributed by atoms with van der Waals surface area (Å²) in [5, 5.41) is 7.47. The standard InChI is InChI=1S/C29H35N5O4S/c1-32-25(17-24(31-32)20-11-12-20)28(35)30-18-21-8-6-10-26(27(21)37-2)38-19-22-7-4-5-9-23(22)29(36)33-13-15-34(39-3)16-14-33/h4-10,17,20H,11-16,18-19H2,1-3H3,(H,30,35). The van der Waals surface area contributed by atoms with Gasteiger partial charge in [0.25, 0.3) is 11.8 Å². The third-order valence-electron chi connectivity index (χ3n) is 7.25. The van der Waals surface area contributed by atoms with Crippen LogP contribution in [0.15, 0.2) is 48.5 Å². The van der Waals surface area contributed by atoms with Gasteiger partial charge in [0.2, 0.25) is 0 Å². The molecular weight excluding hydrogens is 514 g/mol. The summed E-state index contributed by atoms with van der Waals surface area (Å²) in [7, 11) is 3.38. The normalized spacial score (nSPS) is 15.7. The zero-order valence-electron chi connectivity index (χ0n) is 22.7. The number of carbonyl (C=O) groups excluding carboxylic acids is 2. The summed E-state index contributed by atoms with van der Waals surface area (Å²) in [6, 6.07) is 15.1. The summed E-state index contributed by atoms with van der Waals surface area (Å²) in [4.78, 5) is 28.1. The van der Waals surface area contributed by atoms with Crippen molar-refractivity contribution in [1.29, 1.82) is 0 Å². The lowest BCUT2D eigenvalue weighted by atomic mass is 10.1. The van der Waals surface area contributed by atoms with Crippen molar-refractivity contribution in [3.05, 3.63) is 76.6 Å². The van der Waals surface area contributed by atoms with Crippen molar-refractivity contribution in [2.24, 2.45) is 7.05 Å². The van der Waals surface area contributed by atoms with Gasteiger partial charge in [0.05, 0.1) is 12.8 Å². The Morgan fingerprint density at radius 3 is 2.51 bits per heavy atom. The van der Waals surface area contributed by atoms with Crippen LogP contribution in [-0.2, 0) is 20.2 Å². The largest absolute Gasteiger partial charge is 0.493 e. The van der Waals surface area contributed by atoms with Crippen LogP contribution in [0, 0.1) is 0 Å². The molecule has 1 aliphatic heterocycles. The van der Waals surface area contributed by atoms with Gasteiger partial charge in [-0.15, -0.1) is 0 Å². The fraction of sp³-hybridized carbons (Fsp3) is 0.414. The van der Waals surface area contributed by atoms with Gasteiger partial charge in [0, 0.05) is 62.4 Å². The van der Waals surface area contributed by atoms with Gasteiger partial charge < -0.3 is 19.7 Å². The van der Waals surface area contributed by atoms with E-state index < -0.39 is 0 Å². The molecular formula is C29H35N5O4S. The van der Waals surface area contributed by atoms with Crippen LogP contribution in [0.1, 0.15) is 56.4 Å². The van der Waals surface area contributed by atoms with E-state index >= 15 is 0 Å². The topological polar surface area (TPSA) is 88.9 Å². The molecule has 2 amide bonds. The Morgan fingerprint density at radius 2 is 1.79 bits per heavy atom. The number of rotatable bonds is 10. The summed E-state index contributed by atoms with van der Waals surface area (Å²) >= 11 is 1.71. The molecule has 5 rings (SSSR count). The number of para-hydroxylation sites is 1. The van der Waals surface area contributed by atoms with Crippen molar-refractivity contribution in [2.45, 2.75) is 31.9 Å². The van der Waals surface area contributed by atoms with Crippen LogP contribution in [0.4, 0.5) is 0 Å². The zero-order valence-corrected chi connectivity index (χ0v) is 23.5. The molecule has 206 valence electrons. The minimum atomic E-state index is -0.184. The molecule has 1 saturated heterocycles. The van der Waals surface area contributed by atoms with E-state index in [2.05, 4.69) is 21.0 Å². The van der Waals surface area contributed by atoms with Crippen molar-refractivity contribution in [3.63, 3.8) is 0 Å². The number of nitrogens with zero attached hydrogens (tertiary/aromatic N) is 4. The lowest BCUT2D eigenvalue weighted by Gasteiger charge is -2.33. The van der Waals surface area contributed by atoms with E-state index in [0.29, 0.717) is 41.8 Å². The number of hydrogen-bond acceptors (Lipinski definition) is 7. The van der Waals surface area contributed by atoms with E-state index in [9.17, 15) is 9.59 Å². The summed E-state index contributed by atoms with van der Waals surface area (Å²) < 4.78 is 15.8. The zero-order chi connectivity index (χ0) is 27.4. The molecule has 1 aromatic heterocycles. The number of aryl methyl sites for hydroxylation is 1. The number of hydrogen-bond donors (Lipinski definition) is 1. The summed E-state index contributed by atoms with van der Waals surface area (Å²) in [6.07, 6.45) is 4.33. The average molecular weight is 550 g/mol. The minimum absolute atomic E-state index is 0.0263. The van der Waals surface area contributed by atoms with E-state index in [1.54, 1.807) is 30.8 Å². The van der Waals surface area contributed by atoms with Crippen LogP contribution in [0.3, 0.4) is 0 Å². The molecule has 0 radical (unpaired) electrons. The van der Waals surface area contributed by atoms with Crippen LogP contribution >= 0.6 is 11.9 Å². The van der Waals surface area contributed by atoms with Gasteiger partial charge in [-0.3, -0.25) is 14.3 Å². The lowest BCUT2D eigenvalue weighted by Crippen LogP contribution is -2.46. The SMILES string of the molecule is COc1c(CNC(=O)c2cc(C3CC3)nn2C)cccc1OCc1ccccc1C(=O)N1CCN(SC)CC1. The molecule has 0 atom stereocenters. The Hall–Kier alpha value is -3.50. The van der Waals surface area contributed by atoms with Crippen LogP contribution < -0.4 is 14.8 Å². The maximum Gasteiger partial charge on any atom is 0.269 e. The molecule has 9 nitrogen and oxygen atoms in total. The second kappa shape index (κ2) is 12.1. The van der Waals surface area contributed by atoms with Crippen molar-refractivity contribution < 1.29 is 19.1 Å². The molecule has 1 aliphatic carbocycles. The second-order valence-electron chi connectivity index (χ2n) is 9.83. The summed E-state index contributed by atoms with van der Waals surface area (Å²) in [6.45, 7) is 3.62. The highest BCUT2D eigenvalue weighted by molar-refractivity contribution is 7.96. The predicted molar refractivity (Wildman–Crippen MR) is 151 cm³/mol. The van der Waals surface area contributed by atoms with Gasteiger partial charge in [-0.05, 0) is 37.3 Å². The second-order valence-corrected chi connectivity index (χ2v) is 10.7. The van der Waals surface area contributed by atoms with Crippen LogP contribution in [-0.4, -0.2) is 70.3 Å². The van der Waals surface area contributed by atoms with Crippen molar-refractivity contribution in [3.8, 4) is 11.5 Å². The van der Waals surface area contributed by atoms with Crippen molar-refractivity contribution in [1.82, 2.24) is 24.3 Å². The number of ether oxygens (including phenoxy) is 2. The summed E-state index contributed by atoms with van der Waals surface area (Å²) in [5.41, 5.74) is 3.79. The molecule has 2 aromatic carbocycles. The number of aromatic nitrogens is 2. The van der Waals surface area contributed by atoms with Gasteiger partial charge in [0.1, 0.15) is 12.3 Å². The Labute approximate surface area is 233 Å². The lowest BCUT2D eigenvalue weighted by molar-refractivity contribution is 0.0701. The third kappa shape index (κ3) is 6.23. The maximum atomic E-state index is 13.3. The molecule has 3 aromatic rings. The molecule has 10 heteroatoms. The average Bonchev–Trinajstić information content (AvgIpc) is 3.75. The number of piperazine rings is 1. The molecule has 2 aliphatic rings. The molecule has 0 spiro atoms. The predicted octanol–water partition coefficient (Wildman–Crippen LogP) is 3.85. The van der Waals surface area contributed by atoms with E-state index in [0.717, 1.165) is 42.8 Å². The Kier molecular flexibility index (Phi) is 8.42. The van der Waals surface area contributed by atoms with Gasteiger partial charge >= 0.3 is 0 Å². The van der Waals surface area contributed by atoms with Gasteiger partial charge in [-0.1, -0.05) is 42.3 Å². The van der Waals surface area contributed by atoms with Gasteiger partial charge in [-0.2, -0.15) is 5.10 Å². The minimum Gasteiger partial charge on any atom is -0.493 e. The monoisotopic (exact) mass is 549 g/mol. The van der Waals surface area contributed by atoms with E-state index in [4.69, 9.17) is 9.47 Å². The first kappa shape index (κ1) is 27.1. The molecule has 0 unspecified atom stereocenters. The molecule has 39 heavy (non-hydrogen) atoms. The Bertz CT molecular complexity index is 1330. The summed E-state index contributed by atoms with van der Waals surface area (Å²) in [5.74, 6) is 1.43. The Balaban J connectivity index is 1.24. The van der Waals surface area contributed by atoms with E-state index in [1.165, 1.54) is 0 Å². The molecule has 2 heterocycles. The highest BCUT2D eigenvalue weighted by atomic mass is 32.2. The number of carbonyl (C=O) groups is 2. The highest BCUT2D eigenvalue weighted by Crippen LogP contribution is 2.39. The van der Waals surface area contributed by atoms with Crippen molar-refractivity contribution >= 4 is 23.8 Å². The number of methoxy groups -OCH3 is 1. The van der Waals surface area contributed by atoms with E-state index in [1.807, 2.05) is 53.4 Å². The quantitative estimate of drug-likeness (QED) is 0.384. The fourth-order valence-electron chi connectivity index (χ4n) is 4.85. The third-order valence-corrected chi connectivity index (χ3v) is 8.13. The first-order valence-corrected chi connectivity index (χ1v) is 14.4. The molecule has 0 bridgehead atoms. The van der Waals surface area contributed by atoms with Gasteiger partial charge in [-0.25, -0.2) is 4.31 Å². The van der Waals surface area contributed by atoms with Crippen LogP contribution in [0.5, 0.6) is 11.5 Å². The van der Waals surface area contributed by atoms with Crippen molar-refractivity contribution in [2.75, 3.05) is 39.5 Å². The molecule has 2 fully saturated rings. The highest BCUT2D eigenvalue weighted by Gasteiger charge is 2.28. The van der Waals surface area contributed by atoms with Crippen LogP contribution in [0.2, 0.25) is 0 Å². The van der Waals surface area contributed by atoms with E-state index in [-0.39, 0.29) is 25.0 Å². The van der Waals surface area contributed by atoms with Crippen LogP contribution in [0.25, 0.3) is 0 Å². The number of amides is 2. The molecule has 1 N–H and O–H groups in total. The van der Waals surface area contributed by atoms with Gasteiger partial charge in [0.15, 0.2) is 11.5 Å². The number of benzene rings is 2. The molecule has 1 saturated carbocycles.